The number of nitrogens with one attached hydrogen (secondary N) is 1. The Balaban J connectivity index is 2.67. The molecule has 0 bridgehead atoms. The molecule has 0 aliphatic carbocycles. The van der Waals surface area contributed by atoms with Crippen LogP contribution in [0.1, 0.15) is 11.6 Å². The number of hydrogen-bond donors (Lipinski definition) is 2. The van der Waals surface area contributed by atoms with E-state index in [4.69, 9.17) is 5.73 Å². The molecule has 0 aliphatic rings. The summed E-state index contributed by atoms with van der Waals surface area (Å²) in [7, 11) is 5.93. The molecule has 0 aliphatic heterocycles. The van der Waals surface area contributed by atoms with Crippen molar-refractivity contribution in [1.82, 2.24) is 20.0 Å². The fourth-order valence-electron chi connectivity index (χ4n) is 1.60. The van der Waals surface area contributed by atoms with Crippen molar-refractivity contribution in [3.05, 3.63) is 30.6 Å². The van der Waals surface area contributed by atoms with E-state index in [-0.39, 0.29) is 6.04 Å². The van der Waals surface area contributed by atoms with Crippen LogP contribution in [0.25, 0.3) is 0 Å². The minimum Gasteiger partial charge on any atom is -0.370 e. The predicted molar refractivity (Wildman–Crippen MR) is 74.3 cm³/mol. The third-order valence-corrected chi connectivity index (χ3v) is 2.60. The molecule has 0 fully saturated rings. The van der Waals surface area contributed by atoms with Crippen LogP contribution in [0.4, 0.5) is 0 Å². The number of hydrogen-bond acceptors (Lipinski definition) is 3. The summed E-state index contributed by atoms with van der Waals surface area (Å²) in [6.07, 6.45) is 5.59. The lowest BCUT2D eigenvalue weighted by Crippen LogP contribution is -2.33. The molecule has 1 aromatic heterocycles. The minimum atomic E-state index is 0.169. The van der Waals surface area contributed by atoms with Gasteiger partial charge in [-0.25, -0.2) is 0 Å². The Morgan fingerprint density at radius 3 is 2.94 bits per heavy atom. The molecule has 1 rings (SSSR count). The fraction of sp³-hybridized carbons (Fsp3) is 0.500. The third-order valence-electron chi connectivity index (χ3n) is 2.60. The average molecular weight is 250 g/mol. The predicted octanol–water partition coefficient (Wildman–Crippen LogP) is 0.113. The third kappa shape index (κ3) is 4.21. The SMILES string of the molecule is C=CCNC(N)=NCC(c1cnn(C)c1)N(C)C. The number of aliphatic imine (C=N–C) groups is 1. The molecular weight excluding hydrogens is 228 g/mol. The lowest BCUT2D eigenvalue weighted by molar-refractivity contribution is 0.306. The number of aromatic nitrogens is 2. The van der Waals surface area contributed by atoms with Gasteiger partial charge in [0.1, 0.15) is 0 Å². The zero-order valence-electron chi connectivity index (χ0n) is 11.3. The van der Waals surface area contributed by atoms with Crippen molar-refractivity contribution < 1.29 is 0 Å². The van der Waals surface area contributed by atoms with E-state index in [2.05, 4.69) is 26.9 Å². The molecule has 0 radical (unpaired) electrons. The zero-order valence-corrected chi connectivity index (χ0v) is 11.3. The monoisotopic (exact) mass is 250 g/mol. The molecule has 0 saturated carbocycles. The summed E-state index contributed by atoms with van der Waals surface area (Å²) in [5.74, 6) is 0.436. The van der Waals surface area contributed by atoms with Crippen molar-refractivity contribution >= 4 is 5.96 Å². The van der Waals surface area contributed by atoms with Gasteiger partial charge in [-0.05, 0) is 14.1 Å². The maximum absolute atomic E-state index is 5.74. The molecule has 18 heavy (non-hydrogen) atoms. The number of nitrogens with two attached hydrogens (primary N) is 1. The molecule has 6 heteroatoms. The summed E-state index contributed by atoms with van der Waals surface area (Å²) in [4.78, 5) is 6.42. The second-order valence-corrected chi connectivity index (χ2v) is 4.32. The van der Waals surface area contributed by atoms with Crippen LogP contribution in [-0.4, -0.2) is 47.8 Å². The first-order chi connectivity index (χ1) is 8.54. The maximum Gasteiger partial charge on any atom is 0.188 e. The van der Waals surface area contributed by atoms with Gasteiger partial charge in [-0.2, -0.15) is 5.10 Å². The van der Waals surface area contributed by atoms with Crippen LogP contribution >= 0.6 is 0 Å². The van der Waals surface area contributed by atoms with E-state index in [1.54, 1.807) is 10.8 Å². The van der Waals surface area contributed by atoms with Crippen molar-refractivity contribution in [3.8, 4) is 0 Å². The highest BCUT2D eigenvalue weighted by Crippen LogP contribution is 2.17. The van der Waals surface area contributed by atoms with Crippen LogP contribution in [0.3, 0.4) is 0 Å². The molecule has 0 spiro atoms. The van der Waals surface area contributed by atoms with Crippen LogP contribution < -0.4 is 11.1 Å². The van der Waals surface area contributed by atoms with Crippen LogP contribution in [0.2, 0.25) is 0 Å². The average Bonchev–Trinajstić information content (AvgIpc) is 2.73. The molecule has 1 atom stereocenters. The Morgan fingerprint density at radius 2 is 2.44 bits per heavy atom. The molecule has 100 valence electrons. The van der Waals surface area contributed by atoms with Gasteiger partial charge in [0.2, 0.25) is 0 Å². The van der Waals surface area contributed by atoms with E-state index in [1.807, 2.05) is 33.5 Å². The summed E-state index contributed by atoms with van der Waals surface area (Å²) < 4.78 is 1.79. The summed E-state index contributed by atoms with van der Waals surface area (Å²) in [5, 5.41) is 7.13. The Kier molecular flexibility index (Phi) is 5.38. The Morgan fingerprint density at radius 1 is 1.72 bits per heavy atom. The fourth-order valence-corrected chi connectivity index (χ4v) is 1.60. The van der Waals surface area contributed by atoms with Crippen molar-refractivity contribution in [3.63, 3.8) is 0 Å². The van der Waals surface area contributed by atoms with E-state index in [0.29, 0.717) is 19.0 Å². The normalized spacial score (nSPS) is 13.7. The molecule has 0 aromatic carbocycles. The first kappa shape index (κ1) is 14.2. The Bertz CT molecular complexity index is 406. The molecule has 1 unspecified atom stereocenters. The summed E-state index contributed by atoms with van der Waals surface area (Å²) in [6.45, 7) is 4.83. The van der Waals surface area contributed by atoms with Gasteiger partial charge in [-0.1, -0.05) is 6.08 Å². The highest BCUT2D eigenvalue weighted by Gasteiger charge is 2.15. The van der Waals surface area contributed by atoms with E-state index in [1.165, 1.54) is 0 Å². The number of likely N-dealkylation sites (N-methyl/N-ethyl adjacent to an activating group) is 1. The molecule has 3 N–H and O–H groups in total. The molecule has 0 amide bonds. The quantitative estimate of drug-likeness (QED) is 0.427. The Hall–Kier alpha value is -1.82. The second-order valence-electron chi connectivity index (χ2n) is 4.32. The maximum atomic E-state index is 5.74. The molecule has 1 heterocycles. The number of rotatable bonds is 6. The second kappa shape index (κ2) is 6.80. The smallest absolute Gasteiger partial charge is 0.188 e. The van der Waals surface area contributed by atoms with E-state index in [9.17, 15) is 0 Å². The van der Waals surface area contributed by atoms with E-state index >= 15 is 0 Å². The molecule has 1 aromatic rings. The lowest BCUT2D eigenvalue weighted by atomic mass is 10.1. The first-order valence-corrected chi connectivity index (χ1v) is 5.84. The zero-order chi connectivity index (χ0) is 13.5. The van der Waals surface area contributed by atoms with E-state index < -0.39 is 0 Å². The van der Waals surface area contributed by atoms with Gasteiger partial charge in [0.05, 0.1) is 18.8 Å². The van der Waals surface area contributed by atoms with Gasteiger partial charge < -0.3 is 16.0 Å². The summed E-state index contributed by atoms with van der Waals surface area (Å²) >= 11 is 0. The van der Waals surface area contributed by atoms with Gasteiger partial charge in [-0.15, -0.1) is 6.58 Å². The van der Waals surface area contributed by atoms with Crippen LogP contribution in [0, 0.1) is 0 Å². The van der Waals surface area contributed by atoms with Gasteiger partial charge in [0, 0.05) is 25.4 Å². The summed E-state index contributed by atoms with van der Waals surface area (Å²) in [6, 6.07) is 0.169. The highest BCUT2D eigenvalue weighted by atomic mass is 15.2. The highest BCUT2D eigenvalue weighted by molar-refractivity contribution is 5.77. The largest absolute Gasteiger partial charge is 0.370 e. The molecular formula is C12H22N6. The lowest BCUT2D eigenvalue weighted by Gasteiger charge is -2.21. The number of nitrogens with zero attached hydrogens (tertiary/aromatic N) is 4. The topological polar surface area (TPSA) is 71.5 Å². The van der Waals surface area contributed by atoms with Gasteiger partial charge >= 0.3 is 0 Å². The van der Waals surface area contributed by atoms with Gasteiger partial charge in [-0.3, -0.25) is 9.67 Å². The molecule has 0 saturated heterocycles. The van der Waals surface area contributed by atoms with Crippen LogP contribution in [0.5, 0.6) is 0 Å². The van der Waals surface area contributed by atoms with Crippen LogP contribution in [0.15, 0.2) is 30.0 Å². The first-order valence-electron chi connectivity index (χ1n) is 5.84. The van der Waals surface area contributed by atoms with Crippen molar-refractivity contribution in [2.24, 2.45) is 17.8 Å². The minimum absolute atomic E-state index is 0.169. The standard InChI is InChI=1S/C12H22N6/c1-5-6-14-12(13)15-8-11(17(2)3)10-7-16-18(4)9-10/h5,7,9,11H,1,6,8H2,2-4H3,(H3,13,14,15). The molecule has 6 nitrogen and oxygen atoms in total. The van der Waals surface area contributed by atoms with Gasteiger partial charge in [0.15, 0.2) is 5.96 Å². The van der Waals surface area contributed by atoms with Crippen LogP contribution in [-0.2, 0) is 7.05 Å². The van der Waals surface area contributed by atoms with Crippen molar-refractivity contribution in [1.29, 1.82) is 0 Å². The summed E-state index contributed by atoms with van der Waals surface area (Å²) in [5.41, 5.74) is 6.87. The Labute approximate surface area is 108 Å². The number of guanidine groups is 1. The van der Waals surface area contributed by atoms with Crippen molar-refractivity contribution in [2.75, 3.05) is 27.2 Å². The van der Waals surface area contributed by atoms with Crippen molar-refractivity contribution in [2.45, 2.75) is 6.04 Å². The number of aryl methyl sites for hydroxylation is 1. The van der Waals surface area contributed by atoms with E-state index in [0.717, 1.165) is 5.56 Å². The van der Waals surface area contributed by atoms with Gasteiger partial charge in [0.25, 0.3) is 0 Å².